The SMILES string of the molecule is O=C(Cc1ccc(F)cc1)N[C@@H](CCO)C(=O)O. The first kappa shape index (κ1) is 14.1. The average molecular weight is 255 g/mol. The third kappa shape index (κ3) is 4.50. The second-order valence-electron chi connectivity index (χ2n) is 3.77. The number of hydrogen-bond acceptors (Lipinski definition) is 3. The summed E-state index contributed by atoms with van der Waals surface area (Å²) in [6, 6.07) is 4.26. The molecule has 0 aliphatic rings. The van der Waals surface area contributed by atoms with Crippen molar-refractivity contribution in [3.8, 4) is 0 Å². The highest BCUT2D eigenvalue weighted by molar-refractivity contribution is 5.84. The van der Waals surface area contributed by atoms with Crippen LogP contribution in [0.1, 0.15) is 12.0 Å². The van der Waals surface area contributed by atoms with Gasteiger partial charge in [-0.05, 0) is 17.7 Å². The maximum absolute atomic E-state index is 12.6. The van der Waals surface area contributed by atoms with Gasteiger partial charge in [-0.1, -0.05) is 12.1 Å². The van der Waals surface area contributed by atoms with Crippen LogP contribution in [0.4, 0.5) is 4.39 Å². The summed E-state index contributed by atoms with van der Waals surface area (Å²) < 4.78 is 12.6. The van der Waals surface area contributed by atoms with Crippen molar-refractivity contribution in [3.63, 3.8) is 0 Å². The second kappa shape index (κ2) is 6.70. The van der Waals surface area contributed by atoms with Gasteiger partial charge in [-0.15, -0.1) is 0 Å². The summed E-state index contributed by atoms with van der Waals surface area (Å²) >= 11 is 0. The predicted molar refractivity (Wildman–Crippen MR) is 61.4 cm³/mol. The highest BCUT2D eigenvalue weighted by Crippen LogP contribution is 2.04. The van der Waals surface area contributed by atoms with Crippen molar-refractivity contribution in [2.75, 3.05) is 6.61 Å². The molecular formula is C12H14FNO4. The lowest BCUT2D eigenvalue weighted by Crippen LogP contribution is -2.42. The molecule has 0 aliphatic heterocycles. The van der Waals surface area contributed by atoms with E-state index in [1.54, 1.807) is 0 Å². The summed E-state index contributed by atoms with van der Waals surface area (Å²) in [5.41, 5.74) is 0.585. The van der Waals surface area contributed by atoms with Gasteiger partial charge < -0.3 is 15.5 Å². The minimum Gasteiger partial charge on any atom is -0.480 e. The van der Waals surface area contributed by atoms with E-state index < -0.39 is 23.7 Å². The van der Waals surface area contributed by atoms with E-state index in [9.17, 15) is 14.0 Å². The number of aliphatic hydroxyl groups excluding tert-OH is 1. The zero-order valence-electron chi connectivity index (χ0n) is 9.60. The molecule has 6 heteroatoms. The third-order valence-corrected chi connectivity index (χ3v) is 2.33. The van der Waals surface area contributed by atoms with Crippen molar-refractivity contribution in [3.05, 3.63) is 35.6 Å². The van der Waals surface area contributed by atoms with Crippen molar-refractivity contribution in [1.29, 1.82) is 0 Å². The van der Waals surface area contributed by atoms with Crippen molar-refractivity contribution in [1.82, 2.24) is 5.32 Å². The quantitative estimate of drug-likeness (QED) is 0.683. The van der Waals surface area contributed by atoms with Crippen LogP contribution in [0.2, 0.25) is 0 Å². The Morgan fingerprint density at radius 1 is 1.28 bits per heavy atom. The van der Waals surface area contributed by atoms with Gasteiger partial charge in [0.2, 0.25) is 5.91 Å². The largest absolute Gasteiger partial charge is 0.480 e. The lowest BCUT2D eigenvalue weighted by Gasteiger charge is -2.13. The fourth-order valence-electron chi connectivity index (χ4n) is 1.42. The fourth-order valence-corrected chi connectivity index (χ4v) is 1.42. The molecular weight excluding hydrogens is 241 g/mol. The topological polar surface area (TPSA) is 86.6 Å². The Hall–Kier alpha value is -1.95. The van der Waals surface area contributed by atoms with Crippen LogP contribution >= 0.6 is 0 Å². The lowest BCUT2D eigenvalue weighted by molar-refractivity contribution is -0.142. The van der Waals surface area contributed by atoms with Gasteiger partial charge in [0, 0.05) is 13.0 Å². The van der Waals surface area contributed by atoms with E-state index in [1.807, 2.05) is 0 Å². The van der Waals surface area contributed by atoms with E-state index in [0.29, 0.717) is 5.56 Å². The third-order valence-electron chi connectivity index (χ3n) is 2.33. The number of rotatable bonds is 6. The van der Waals surface area contributed by atoms with Crippen LogP contribution in [0.25, 0.3) is 0 Å². The van der Waals surface area contributed by atoms with Crippen molar-refractivity contribution < 1.29 is 24.2 Å². The number of nitrogens with one attached hydrogen (secondary N) is 1. The molecule has 0 aromatic heterocycles. The molecule has 3 N–H and O–H groups in total. The number of carbonyl (C=O) groups excluding carboxylic acids is 1. The zero-order chi connectivity index (χ0) is 13.5. The first-order valence-electron chi connectivity index (χ1n) is 5.40. The fraction of sp³-hybridized carbons (Fsp3) is 0.333. The molecule has 0 fully saturated rings. The van der Waals surface area contributed by atoms with Crippen LogP contribution in [0.3, 0.4) is 0 Å². The van der Waals surface area contributed by atoms with Crippen LogP contribution in [-0.4, -0.2) is 34.7 Å². The molecule has 0 heterocycles. The molecule has 0 saturated carbocycles. The molecule has 0 unspecified atom stereocenters. The number of benzene rings is 1. The number of amides is 1. The molecule has 0 aliphatic carbocycles. The number of halogens is 1. The molecule has 0 saturated heterocycles. The summed E-state index contributed by atoms with van der Waals surface area (Å²) in [7, 11) is 0. The summed E-state index contributed by atoms with van der Waals surface area (Å²) in [4.78, 5) is 22.3. The van der Waals surface area contributed by atoms with E-state index in [0.717, 1.165) is 0 Å². The van der Waals surface area contributed by atoms with Gasteiger partial charge >= 0.3 is 5.97 Å². The van der Waals surface area contributed by atoms with Crippen molar-refractivity contribution in [2.45, 2.75) is 18.9 Å². The van der Waals surface area contributed by atoms with Crippen molar-refractivity contribution >= 4 is 11.9 Å². The Morgan fingerprint density at radius 2 is 1.89 bits per heavy atom. The zero-order valence-corrected chi connectivity index (χ0v) is 9.60. The monoisotopic (exact) mass is 255 g/mol. The van der Waals surface area contributed by atoms with Gasteiger partial charge in [0.1, 0.15) is 11.9 Å². The van der Waals surface area contributed by atoms with E-state index in [2.05, 4.69) is 5.32 Å². The van der Waals surface area contributed by atoms with E-state index in [1.165, 1.54) is 24.3 Å². The maximum Gasteiger partial charge on any atom is 0.326 e. The average Bonchev–Trinajstić information content (AvgIpc) is 2.31. The minimum atomic E-state index is -1.20. The number of hydrogen-bond donors (Lipinski definition) is 3. The Balaban J connectivity index is 2.54. The standard InChI is InChI=1S/C12H14FNO4/c13-9-3-1-8(2-4-9)7-11(16)14-10(5-6-15)12(17)18/h1-4,10,15H,5-7H2,(H,14,16)(H,17,18)/t10-/m0/s1. The Morgan fingerprint density at radius 3 is 2.39 bits per heavy atom. The molecule has 0 radical (unpaired) electrons. The van der Waals surface area contributed by atoms with Crippen LogP contribution in [0.15, 0.2) is 24.3 Å². The molecule has 1 amide bonds. The highest BCUT2D eigenvalue weighted by Gasteiger charge is 2.19. The number of carboxylic acids is 1. The van der Waals surface area contributed by atoms with Gasteiger partial charge in [-0.2, -0.15) is 0 Å². The number of aliphatic carboxylic acids is 1. The van der Waals surface area contributed by atoms with Crippen molar-refractivity contribution in [2.24, 2.45) is 0 Å². The second-order valence-corrected chi connectivity index (χ2v) is 3.77. The highest BCUT2D eigenvalue weighted by atomic mass is 19.1. The van der Waals surface area contributed by atoms with Gasteiger partial charge in [-0.3, -0.25) is 4.79 Å². The summed E-state index contributed by atoms with van der Waals surface area (Å²) in [5, 5.41) is 19.7. The number of carboxylic acid groups (broad SMARTS) is 1. The Labute approximate surface area is 103 Å². The summed E-state index contributed by atoms with van der Waals surface area (Å²) in [6.45, 7) is -0.326. The normalized spacial score (nSPS) is 11.9. The maximum atomic E-state index is 12.6. The van der Waals surface area contributed by atoms with Gasteiger partial charge in [-0.25, -0.2) is 9.18 Å². The van der Waals surface area contributed by atoms with E-state index >= 15 is 0 Å². The van der Waals surface area contributed by atoms with E-state index in [4.69, 9.17) is 10.2 Å². The van der Waals surface area contributed by atoms with Gasteiger partial charge in [0.25, 0.3) is 0 Å². The molecule has 18 heavy (non-hydrogen) atoms. The molecule has 1 aromatic rings. The molecule has 98 valence electrons. The van der Waals surface area contributed by atoms with Gasteiger partial charge in [0.05, 0.1) is 6.42 Å². The molecule has 1 atom stereocenters. The smallest absolute Gasteiger partial charge is 0.326 e. The minimum absolute atomic E-state index is 0.0323. The lowest BCUT2D eigenvalue weighted by atomic mass is 10.1. The molecule has 0 bridgehead atoms. The summed E-state index contributed by atoms with van der Waals surface area (Å²) in [6.07, 6.45) is -0.0834. The summed E-state index contributed by atoms with van der Waals surface area (Å²) in [5.74, 6) is -2.08. The first-order valence-corrected chi connectivity index (χ1v) is 5.40. The molecule has 5 nitrogen and oxygen atoms in total. The Kier molecular flexibility index (Phi) is 5.26. The Bertz CT molecular complexity index is 419. The van der Waals surface area contributed by atoms with Crippen LogP contribution < -0.4 is 5.32 Å². The molecule has 1 rings (SSSR count). The van der Waals surface area contributed by atoms with Gasteiger partial charge in [0.15, 0.2) is 0 Å². The van der Waals surface area contributed by atoms with Crippen LogP contribution in [0.5, 0.6) is 0 Å². The number of aliphatic hydroxyl groups is 1. The first-order chi connectivity index (χ1) is 8.52. The predicted octanol–water partition coefficient (Wildman–Crippen LogP) is 0.320. The van der Waals surface area contributed by atoms with E-state index in [-0.39, 0.29) is 19.4 Å². The molecule has 1 aromatic carbocycles. The van der Waals surface area contributed by atoms with Crippen LogP contribution in [-0.2, 0) is 16.0 Å². The molecule has 0 spiro atoms. The number of carbonyl (C=O) groups is 2. The van der Waals surface area contributed by atoms with Crippen LogP contribution in [0, 0.1) is 5.82 Å².